The lowest BCUT2D eigenvalue weighted by Gasteiger charge is -2.22. The van der Waals surface area contributed by atoms with Crippen LogP contribution in [0.1, 0.15) is 22.8 Å². The second-order valence-corrected chi connectivity index (χ2v) is 9.01. The number of hydrogen-bond acceptors (Lipinski definition) is 6. The van der Waals surface area contributed by atoms with E-state index in [2.05, 4.69) is 0 Å². The van der Waals surface area contributed by atoms with E-state index in [1.807, 2.05) is 19.1 Å². The van der Waals surface area contributed by atoms with Crippen LogP contribution in [0.2, 0.25) is 0 Å². The van der Waals surface area contributed by atoms with E-state index < -0.39 is 28.5 Å². The van der Waals surface area contributed by atoms with Crippen LogP contribution in [0.15, 0.2) is 59.5 Å². The van der Waals surface area contributed by atoms with Gasteiger partial charge in [-0.3, -0.25) is 4.79 Å². The number of carbonyl (C=O) groups is 2. The summed E-state index contributed by atoms with van der Waals surface area (Å²) in [6, 6.07) is 14.3. The van der Waals surface area contributed by atoms with Gasteiger partial charge in [-0.15, -0.1) is 0 Å². The van der Waals surface area contributed by atoms with Crippen LogP contribution < -0.4 is 10.0 Å². The van der Waals surface area contributed by atoms with Gasteiger partial charge in [0, 0.05) is 11.7 Å². The second kappa shape index (κ2) is 7.68. The largest absolute Gasteiger partial charge is 0.507 e. The van der Waals surface area contributed by atoms with E-state index in [-0.39, 0.29) is 22.3 Å². The molecule has 1 amide bonds. The molecule has 4 rings (SSSR count). The third kappa shape index (κ3) is 3.97. The lowest BCUT2D eigenvalue weighted by molar-refractivity contribution is -0.122. The quantitative estimate of drug-likeness (QED) is 0.600. The first-order valence-corrected chi connectivity index (χ1v) is 11.1. The Morgan fingerprint density at radius 2 is 1.81 bits per heavy atom. The summed E-state index contributed by atoms with van der Waals surface area (Å²) in [5.74, 6) is -1.50. The lowest BCUT2D eigenvalue weighted by Crippen LogP contribution is -2.38. The number of nitrogens with zero attached hydrogens (tertiary/aromatic N) is 1. The van der Waals surface area contributed by atoms with Crippen molar-refractivity contribution >= 4 is 38.4 Å². The van der Waals surface area contributed by atoms with Crippen LogP contribution in [0.3, 0.4) is 0 Å². The average molecular weight is 440 g/mol. The maximum Gasteiger partial charge on any atom is 0.342 e. The number of aromatic hydroxyl groups is 1. The van der Waals surface area contributed by atoms with Crippen molar-refractivity contribution in [3.63, 3.8) is 0 Å². The van der Waals surface area contributed by atoms with Crippen LogP contribution in [-0.2, 0) is 26.0 Å². The van der Waals surface area contributed by atoms with Crippen molar-refractivity contribution < 1.29 is 27.9 Å². The molecule has 0 aliphatic carbocycles. The first-order chi connectivity index (χ1) is 14.6. The van der Waals surface area contributed by atoms with Gasteiger partial charge in [-0.1, -0.05) is 24.3 Å². The molecule has 31 heavy (non-hydrogen) atoms. The number of amides is 1. The molecule has 1 heterocycles. The van der Waals surface area contributed by atoms with E-state index in [9.17, 15) is 23.1 Å². The van der Waals surface area contributed by atoms with Crippen molar-refractivity contribution in [1.29, 1.82) is 0 Å². The molecule has 9 heteroatoms. The van der Waals surface area contributed by atoms with Crippen LogP contribution in [0.5, 0.6) is 5.75 Å². The van der Waals surface area contributed by atoms with Gasteiger partial charge in [-0.2, -0.15) is 0 Å². The van der Waals surface area contributed by atoms with E-state index in [0.717, 1.165) is 10.8 Å². The van der Waals surface area contributed by atoms with Crippen molar-refractivity contribution in [2.75, 3.05) is 11.5 Å². The number of ether oxygens (including phenoxy) is 1. The fourth-order valence-electron chi connectivity index (χ4n) is 3.83. The van der Waals surface area contributed by atoms with E-state index in [4.69, 9.17) is 9.88 Å². The number of carbonyl (C=O) groups excluding carboxylic acids is 2. The Balaban J connectivity index is 1.51. The number of anilines is 1. The minimum atomic E-state index is -3.85. The number of phenols is 1. The monoisotopic (exact) mass is 440 g/mol. The van der Waals surface area contributed by atoms with E-state index in [1.165, 1.54) is 35.2 Å². The number of nitrogens with two attached hydrogens (primary N) is 1. The van der Waals surface area contributed by atoms with Gasteiger partial charge in [-0.25, -0.2) is 18.4 Å². The van der Waals surface area contributed by atoms with Crippen molar-refractivity contribution in [1.82, 2.24) is 0 Å². The molecule has 1 unspecified atom stereocenters. The predicted molar refractivity (Wildman–Crippen MR) is 114 cm³/mol. The van der Waals surface area contributed by atoms with Gasteiger partial charge >= 0.3 is 5.97 Å². The summed E-state index contributed by atoms with van der Waals surface area (Å²) in [4.78, 5) is 26.7. The average Bonchev–Trinajstić information content (AvgIpc) is 3.05. The van der Waals surface area contributed by atoms with Crippen molar-refractivity contribution in [2.24, 2.45) is 5.14 Å². The number of benzene rings is 3. The Morgan fingerprint density at radius 1 is 1.13 bits per heavy atom. The topological polar surface area (TPSA) is 127 Å². The molecule has 0 saturated carbocycles. The number of hydrogen-bond donors (Lipinski definition) is 2. The standard InChI is InChI=1S/C22H20N2O6S/c1-13-8-16-9-17(31(23,28)29)6-7-19(16)24(13)21(26)12-30-22(27)18-10-14-4-2-3-5-15(14)11-20(18)25/h2-7,9-11,13,25H,8,12H2,1H3,(H2,23,28,29). The molecule has 0 aromatic heterocycles. The maximum absolute atomic E-state index is 12.8. The molecule has 3 aromatic carbocycles. The lowest BCUT2D eigenvalue weighted by atomic mass is 10.1. The summed E-state index contributed by atoms with van der Waals surface area (Å²) in [5.41, 5.74) is 1.19. The van der Waals surface area contributed by atoms with Crippen molar-refractivity contribution in [3.05, 3.63) is 65.7 Å². The van der Waals surface area contributed by atoms with E-state index in [0.29, 0.717) is 17.7 Å². The smallest absolute Gasteiger partial charge is 0.342 e. The van der Waals surface area contributed by atoms with Crippen LogP contribution >= 0.6 is 0 Å². The summed E-state index contributed by atoms with van der Waals surface area (Å²) >= 11 is 0. The molecule has 160 valence electrons. The summed E-state index contributed by atoms with van der Waals surface area (Å²) in [6.07, 6.45) is 0.448. The molecular formula is C22H20N2O6S. The molecule has 0 bridgehead atoms. The van der Waals surface area contributed by atoms with Crippen LogP contribution in [0, 0.1) is 0 Å². The van der Waals surface area contributed by atoms with Gasteiger partial charge in [0.05, 0.1) is 4.90 Å². The Labute approximate surface area is 178 Å². The molecule has 3 aromatic rings. The Kier molecular flexibility index (Phi) is 5.16. The van der Waals surface area contributed by atoms with E-state index in [1.54, 1.807) is 12.1 Å². The first-order valence-electron chi connectivity index (χ1n) is 9.52. The third-order valence-electron chi connectivity index (χ3n) is 5.27. The number of esters is 1. The molecule has 0 spiro atoms. The molecule has 0 radical (unpaired) electrons. The Hall–Kier alpha value is -3.43. The first kappa shape index (κ1) is 20.8. The van der Waals surface area contributed by atoms with Gasteiger partial charge in [-0.05, 0) is 60.0 Å². The molecule has 1 aliphatic rings. The molecule has 3 N–H and O–H groups in total. The van der Waals surface area contributed by atoms with E-state index >= 15 is 0 Å². The number of sulfonamides is 1. The third-order valence-corrected chi connectivity index (χ3v) is 6.19. The summed E-state index contributed by atoms with van der Waals surface area (Å²) < 4.78 is 28.3. The normalized spacial score (nSPS) is 15.7. The van der Waals surface area contributed by atoms with Crippen molar-refractivity contribution in [2.45, 2.75) is 24.3 Å². The predicted octanol–water partition coefficient (Wildman–Crippen LogP) is 2.33. The number of rotatable bonds is 4. The summed E-state index contributed by atoms with van der Waals surface area (Å²) in [5, 5.41) is 16.9. The van der Waals surface area contributed by atoms with Crippen molar-refractivity contribution in [3.8, 4) is 5.75 Å². The highest BCUT2D eigenvalue weighted by molar-refractivity contribution is 7.89. The SMILES string of the molecule is CC1Cc2cc(S(N)(=O)=O)ccc2N1C(=O)COC(=O)c1cc2ccccc2cc1O. The zero-order chi connectivity index (χ0) is 22.3. The van der Waals surface area contributed by atoms with Gasteiger partial charge in [0.1, 0.15) is 11.3 Å². The van der Waals surface area contributed by atoms with Crippen LogP contribution in [0.4, 0.5) is 5.69 Å². The van der Waals surface area contributed by atoms with Gasteiger partial charge < -0.3 is 14.7 Å². The fraction of sp³-hybridized carbons (Fsp3) is 0.182. The summed E-state index contributed by atoms with van der Waals surface area (Å²) in [6.45, 7) is 1.29. The zero-order valence-electron chi connectivity index (χ0n) is 16.6. The highest BCUT2D eigenvalue weighted by Crippen LogP contribution is 2.34. The molecular weight excluding hydrogens is 420 g/mol. The minimum Gasteiger partial charge on any atom is -0.507 e. The number of phenolic OH excluding ortho intramolecular Hbond substituents is 1. The zero-order valence-corrected chi connectivity index (χ0v) is 17.4. The van der Waals surface area contributed by atoms with Gasteiger partial charge in [0.2, 0.25) is 10.0 Å². The molecule has 0 fully saturated rings. The number of fused-ring (bicyclic) bond motifs is 2. The molecule has 8 nitrogen and oxygen atoms in total. The highest BCUT2D eigenvalue weighted by atomic mass is 32.2. The Morgan fingerprint density at radius 3 is 2.48 bits per heavy atom. The van der Waals surface area contributed by atoms with Crippen LogP contribution in [0.25, 0.3) is 10.8 Å². The summed E-state index contributed by atoms with van der Waals surface area (Å²) in [7, 11) is -3.85. The Bertz CT molecular complexity index is 1320. The highest BCUT2D eigenvalue weighted by Gasteiger charge is 2.32. The maximum atomic E-state index is 12.8. The van der Waals surface area contributed by atoms with Gasteiger partial charge in [0.25, 0.3) is 5.91 Å². The molecule has 1 aliphatic heterocycles. The number of primary sulfonamides is 1. The van der Waals surface area contributed by atoms with Crippen LogP contribution in [-0.4, -0.2) is 38.0 Å². The second-order valence-electron chi connectivity index (χ2n) is 7.45. The molecule has 1 atom stereocenters. The fourth-order valence-corrected chi connectivity index (χ4v) is 4.40. The molecule has 0 saturated heterocycles. The van der Waals surface area contributed by atoms with Gasteiger partial charge in [0.15, 0.2) is 6.61 Å². The minimum absolute atomic E-state index is 0.0223.